The van der Waals surface area contributed by atoms with E-state index in [0.29, 0.717) is 5.54 Å². The summed E-state index contributed by atoms with van der Waals surface area (Å²) < 4.78 is 0. The Kier molecular flexibility index (Phi) is 3.96. The summed E-state index contributed by atoms with van der Waals surface area (Å²) in [5, 5.41) is 0. The van der Waals surface area contributed by atoms with E-state index in [0.717, 1.165) is 5.92 Å². The quantitative estimate of drug-likeness (QED) is 0.670. The van der Waals surface area contributed by atoms with Crippen LogP contribution < -0.4 is 0 Å². The van der Waals surface area contributed by atoms with Crippen LogP contribution in [-0.2, 0) is 0 Å². The van der Waals surface area contributed by atoms with Crippen LogP contribution in [0.15, 0.2) is 0 Å². The topological polar surface area (TPSA) is 6.48 Å². The van der Waals surface area contributed by atoms with Gasteiger partial charge in [0, 0.05) is 12.1 Å². The van der Waals surface area contributed by atoms with E-state index in [1.54, 1.807) is 0 Å². The molecular weight excluding hydrogens is 172 g/mol. The van der Waals surface area contributed by atoms with E-state index in [1.807, 2.05) is 0 Å². The third-order valence-electron chi connectivity index (χ3n) is 3.52. The van der Waals surface area contributed by atoms with Gasteiger partial charge in [-0.25, -0.2) is 0 Å². The predicted molar refractivity (Wildman–Crippen MR) is 62.6 cm³/mol. The van der Waals surface area contributed by atoms with Gasteiger partial charge >= 0.3 is 0 Å². The molecule has 1 fully saturated rings. The van der Waals surface area contributed by atoms with Crippen LogP contribution in [0, 0.1) is 5.92 Å². The summed E-state index contributed by atoms with van der Waals surface area (Å²) in [4.78, 5) is 4.93. The first kappa shape index (κ1) is 12.0. The largest absolute Gasteiger partial charge is 0.306 e. The van der Waals surface area contributed by atoms with Crippen LogP contribution in [0.5, 0.6) is 0 Å². The van der Waals surface area contributed by atoms with Gasteiger partial charge in [-0.2, -0.15) is 0 Å². The highest BCUT2D eigenvalue weighted by Crippen LogP contribution is 2.20. The second kappa shape index (κ2) is 4.63. The van der Waals surface area contributed by atoms with Crippen molar-refractivity contribution < 1.29 is 0 Å². The fraction of sp³-hybridized carbons (Fsp3) is 1.00. The Morgan fingerprint density at radius 3 is 2.14 bits per heavy atom. The maximum absolute atomic E-state index is 2.49. The summed E-state index contributed by atoms with van der Waals surface area (Å²) in [6, 6.07) is 0. The van der Waals surface area contributed by atoms with Crippen LogP contribution >= 0.6 is 0 Å². The number of likely N-dealkylation sites (tertiary alicyclic amines) is 1. The molecule has 1 heterocycles. The Morgan fingerprint density at radius 2 is 1.71 bits per heavy atom. The van der Waals surface area contributed by atoms with E-state index in [4.69, 9.17) is 0 Å². The highest BCUT2D eigenvalue weighted by atomic mass is 15.2. The third-order valence-corrected chi connectivity index (χ3v) is 3.52. The molecule has 0 aromatic heterocycles. The second-order valence-corrected chi connectivity index (χ2v) is 5.80. The zero-order valence-electron chi connectivity index (χ0n) is 10.5. The normalized spacial score (nSPS) is 21.9. The minimum atomic E-state index is 0.323. The van der Waals surface area contributed by atoms with Crippen molar-refractivity contribution >= 4 is 0 Å². The predicted octanol–water partition coefficient (Wildman–Crippen LogP) is 2.06. The average molecular weight is 198 g/mol. The zero-order valence-corrected chi connectivity index (χ0v) is 10.5. The van der Waals surface area contributed by atoms with E-state index < -0.39 is 0 Å². The van der Waals surface area contributed by atoms with Crippen LogP contribution in [0.2, 0.25) is 0 Å². The molecule has 0 N–H and O–H groups in total. The molecular formula is C12H26N2. The van der Waals surface area contributed by atoms with Crippen molar-refractivity contribution in [3.63, 3.8) is 0 Å². The van der Waals surface area contributed by atoms with Crippen LogP contribution in [0.1, 0.15) is 33.6 Å². The molecule has 0 aromatic rings. The minimum Gasteiger partial charge on any atom is -0.306 e. The summed E-state index contributed by atoms with van der Waals surface area (Å²) in [6.45, 7) is 10.7. The minimum absolute atomic E-state index is 0.323. The molecule has 0 aromatic carbocycles. The molecule has 0 saturated carbocycles. The third kappa shape index (κ3) is 3.58. The van der Waals surface area contributed by atoms with Gasteiger partial charge in [-0.1, -0.05) is 0 Å². The average Bonchev–Trinajstić information content (AvgIpc) is 2.07. The highest BCUT2D eigenvalue weighted by molar-refractivity contribution is 4.78. The molecule has 84 valence electrons. The lowest BCUT2D eigenvalue weighted by Gasteiger charge is -2.37. The summed E-state index contributed by atoms with van der Waals surface area (Å²) in [6.07, 6.45) is 2.74. The molecule has 0 aliphatic carbocycles. The molecule has 2 heteroatoms. The Labute approximate surface area is 89.3 Å². The molecule has 2 nitrogen and oxygen atoms in total. The van der Waals surface area contributed by atoms with Gasteiger partial charge in [-0.15, -0.1) is 0 Å². The summed E-state index contributed by atoms with van der Waals surface area (Å²) in [7, 11) is 4.47. The molecule has 0 atom stereocenters. The first-order valence-electron chi connectivity index (χ1n) is 5.79. The monoisotopic (exact) mass is 198 g/mol. The lowest BCUT2D eigenvalue weighted by molar-refractivity contribution is 0.116. The van der Waals surface area contributed by atoms with Gasteiger partial charge in [0.05, 0.1) is 0 Å². The van der Waals surface area contributed by atoms with Crippen LogP contribution in [0.3, 0.4) is 0 Å². The van der Waals surface area contributed by atoms with E-state index in [-0.39, 0.29) is 0 Å². The van der Waals surface area contributed by atoms with Gasteiger partial charge in [0.1, 0.15) is 0 Å². The second-order valence-electron chi connectivity index (χ2n) is 5.80. The van der Waals surface area contributed by atoms with E-state index in [2.05, 4.69) is 44.7 Å². The van der Waals surface area contributed by atoms with Crippen LogP contribution in [0.4, 0.5) is 0 Å². The number of rotatable bonds is 2. The molecule has 1 rings (SSSR count). The summed E-state index contributed by atoms with van der Waals surface area (Å²) in [5.74, 6) is 0.912. The van der Waals surface area contributed by atoms with Crippen molar-refractivity contribution in [3.05, 3.63) is 0 Å². The lowest BCUT2D eigenvalue weighted by Crippen LogP contribution is -2.43. The maximum Gasteiger partial charge on any atom is 0.0122 e. The maximum atomic E-state index is 2.49. The van der Waals surface area contributed by atoms with Gasteiger partial charge < -0.3 is 9.80 Å². The lowest BCUT2D eigenvalue weighted by atomic mass is 9.95. The Balaban J connectivity index is 2.31. The fourth-order valence-electron chi connectivity index (χ4n) is 1.91. The fourth-order valence-corrected chi connectivity index (χ4v) is 1.91. The SMILES string of the molecule is CN1CCC(CN(C)C(C)(C)C)CC1. The first-order valence-corrected chi connectivity index (χ1v) is 5.79. The first-order chi connectivity index (χ1) is 6.39. The standard InChI is InChI=1S/C12H26N2/c1-12(2,3)14(5)10-11-6-8-13(4)9-7-11/h11H,6-10H2,1-5H3. The number of nitrogens with zero attached hydrogens (tertiary/aromatic N) is 2. The van der Waals surface area contributed by atoms with Gasteiger partial charge in [0.25, 0.3) is 0 Å². The van der Waals surface area contributed by atoms with Crippen molar-refractivity contribution in [2.45, 2.75) is 39.2 Å². The molecule has 1 aliphatic rings. The highest BCUT2D eigenvalue weighted by Gasteiger charge is 2.23. The van der Waals surface area contributed by atoms with Gasteiger partial charge in [0.2, 0.25) is 0 Å². The zero-order chi connectivity index (χ0) is 10.8. The molecule has 1 aliphatic heterocycles. The van der Waals surface area contributed by atoms with Crippen molar-refractivity contribution in [1.29, 1.82) is 0 Å². The van der Waals surface area contributed by atoms with Crippen molar-refractivity contribution in [2.75, 3.05) is 33.7 Å². The van der Waals surface area contributed by atoms with Gasteiger partial charge in [-0.05, 0) is 66.7 Å². The van der Waals surface area contributed by atoms with E-state index in [9.17, 15) is 0 Å². The van der Waals surface area contributed by atoms with Crippen molar-refractivity contribution in [3.8, 4) is 0 Å². The van der Waals surface area contributed by atoms with E-state index >= 15 is 0 Å². The molecule has 0 bridgehead atoms. The Hall–Kier alpha value is -0.0800. The van der Waals surface area contributed by atoms with Gasteiger partial charge in [-0.3, -0.25) is 0 Å². The number of piperidine rings is 1. The summed E-state index contributed by atoms with van der Waals surface area (Å²) >= 11 is 0. The molecule has 0 radical (unpaired) electrons. The van der Waals surface area contributed by atoms with Crippen molar-refractivity contribution in [1.82, 2.24) is 9.80 Å². The van der Waals surface area contributed by atoms with E-state index in [1.165, 1.54) is 32.5 Å². The number of hydrogen-bond donors (Lipinski definition) is 0. The summed E-state index contributed by atoms with van der Waals surface area (Å²) in [5.41, 5.74) is 0.323. The van der Waals surface area contributed by atoms with Gasteiger partial charge in [0.15, 0.2) is 0 Å². The molecule has 0 unspecified atom stereocenters. The van der Waals surface area contributed by atoms with Crippen LogP contribution in [-0.4, -0.2) is 49.1 Å². The molecule has 14 heavy (non-hydrogen) atoms. The smallest absolute Gasteiger partial charge is 0.0122 e. The van der Waals surface area contributed by atoms with Crippen molar-refractivity contribution in [2.24, 2.45) is 5.92 Å². The molecule has 0 spiro atoms. The van der Waals surface area contributed by atoms with Crippen LogP contribution in [0.25, 0.3) is 0 Å². The Morgan fingerprint density at radius 1 is 1.21 bits per heavy atom. The molecule has 0 amide bonds. The molecule has 1 saturated heterocycles. The Bertz CT molecular complexity index is 164. The number of hydrogen-bond acceptors (Lipinski definition) is 2.